The van der Waals surface area contributed by atoms with E-state index >= 15 is 0 Å². The normalized spacial score (nSPS) is 15.9. The van der Waals surface area contributed by atoms with Crippen LogP contribution in [0, 0.1) is 0 Å². The Bertz CT molecular complexity index is 819. The molecule has 1 unspecified atom stereocenters. The Balaban J connectivity index is 1.63. The first-order valence-corrected chi connectivity index (χ1v) is 9.54. The number of nitrogens with zero attached hydrogens (tertiary/aromatic N) is 1. The molecule has 0 spiro atoms. The highest BCUT2D eigenvalue weighted by Gasteiger charge is 2.24. The van der Waals surface area contributed by atoms with Gasteiger partial charge >= 0.3 is 0 Å². The molecular formula is C22H27N3O2. The largest absolute Gasteiger partial charge is 0.352 e. The van der Waals surface area contributed by atoms with Crippen molar-refractivity contribution in [2.24, 2.45) is 0 Å². The van der Waals surface area contributed by atoms with E-state index in [4.69, 9.17) is 0 Å². The molecule has 0 aliphatic heterocycles. The Labute approximate surface area is 160 Å². The lowest BCUT2D eigenvalue weighted by Gasteiger charge is -2.32. The maximum atomic E-state index is 12.5. The first kappa shape index (κ1) is 19.1. The zero-order valence-corrected chi connectivity index (χ0v) is 16.0. The van der Waals surface area contributed by atoms with Crippen LogP contribution in [0.4, 0.5) is 5.69 Å². The van der Waals surface area contributed by atoms with Gasteiger partial charge in [-0.3, -0.25) is 14.5 Å². The van der Waals surface area contributed by atoms with Crippen molar-refractivity contribution < 1.29 is 9.59 Å². The van der Waals surface area contributed by atoms with E-state index in [1.165, 1.54) is 11.1 Å². The van der Waals surface area contributed by atoms with Crippen LogP contribution in [0.5, 0.6) is 0 Å². The lowest BCUT2D eigenvalue weighted by atomic mass is 9.87. The second kappa shape index (κ2) is 8.82. The number of aryl methyl sites for hydroxylation is 1. The van der Waals surface area contributed by atoms with Crippen LogP contribution in [0.25, 0.3) is 0 Å². The Morgan fingerprint density at radius 3 is 2.78 bits per heavy atom. The molecule has 2 N–H and O–H groups in total. The molecule has 0 radical (unpaired) electrons. The van der Waals surface area contributed by atoms with Gasteiger partial charge in [0.15, 0.2) is 0 Å². The van der Waals surface area contributed by atoms with Crippen LogP contribution >= 0.6 is 0 Å². The summed E-state index contributed by atoms with van der Waals surface area (Å²) in [6, 6.07) is 15.8. The molecule has 0 saturated carbocycles. The van der Waals surface area contributed by atoms with Gasteiger partial charge < -0.3 is 10.6 Å². The molecule has 5 heteroatoms. The molecular weight excluding hydrogens is 338 g/mol. The van der Waals surface area contributed by atoms with Gasteiger partial charge in [0.2, 0.25) is 5.91 Å². The average Bonchev–Trinajstić information content (AvgIpc) is 2.67. The maximum Gasteiger partial charge on any atom is 0.251 e. The Kier molecular flexibility index (Phi) is 6.24. The average molecular weight is 365 g/mol. The summed E-state index contributed by atoms with van der Waals surface area (Å²) in [4.78, 5) is 26.6. The lowest BCUT2D eigenvalue weighted by molar-refractivity contribution is -0.117. The van der Waals surface area contributed by atoms with Crippen LogP contribution in [-0.2, 0) is 11.2 Å². The van der Waals surface area contributed by atoms with Crippen LogP contribution in [0.15, 0.2) is 48.5 Å². The predicted octanol–water partition coefficient (Wildman–Crippen LogP) is 3.38. The maximum absolute atomic E-state index is 12.5. The molecule has 0 saturated heterocycles. The smallest absolute Gasteiger partial charge is 0.251 e. The van der Waals surface area contributed by atoms with E-state index in [0.29, 0.717) is 24.3 Å². The van der Waals surface area contributed by atoms with E-state index in [-0.39, 0.29) is 17.9 Å². The van der Waals surface area contributed by atoms with Crippen molar-refractivity contribution in [3.8, 4) is 0 Å². The zero-order valence-electron chi connectivity index (χ0n) is 16.0. The van der Waals surface area contributed by atoms with Crippen molar-refractivity contribution in [2.75, 3.05) is 25.5 Å². The number of nitrogens with one attached hydrogen (secondary N) is 2. The van der Waals surface area contributed by atoms with E-state index in [1.807, 2.05) is 14.0 Å². The molecule has 0 bridgehead atoms. The van der Waals surface area contributed by atoms with Gasteiger partial charge in [-0.25, -0.2) is 0 Å². The second-order valence-corrected chi connectivity index (χ2v) is 7.01. The molecule has 27 heavy (non-hydrogen) atoms. The molecule has 0 aromatic heterocycles. The van der Waals surface area contributed by atoms with Crippen LogP contribution in [0.1, 0.15) is 47.3 Å². The monoisotopic (exact) mass is 365 g/mol. The summed E-state index contributed by atoms with van der Waals surface area (Å²) < 4.78 is 0. The molecule has 0 fully saturated rings. The van der Waals surface area contributed by atoms with Crippen molar-refractivity contribution in [1.82, 2.24) is 10.2 Å². The second-order valence-electron chi connectivity index (χ2n) is 7.01. The summed E-state index contributed by atoms with van der Waals surface area (Å²) >= 11 is 0. The molecule has 1 aliphatic carbocycles. The summed E-state index contributed by atoms with van der Waals surface area (Å²) in [5, 5.41) is 5.68. The summed E-state index contributed by atoms with van der Waals surface area (Å²) in [7, 11) is 2.00. The van der Waals surface area contributed by atoms with Crippen molar-refractivity contribution in [3.05, 3.63) is 65.2 Å². The van der Waals surface area contributed by atoms with E-state index in [2.05, 4.69) is 39.8 Å². The Hall–Kier alpha value is -2.66. The number of carbonyl (C=O) groups is 2. The number of amides is 2. The first-order chi connectivity index (χ1) is 13.1. The quantitative estimate of drug-likeness (QED) is 0.825. The molecule has 5 nitrogen and oxygen atoms in total. The number of rotatable bonds is 6. The molecule has 1 aliphatic rings. The fraction of sp³-hybridized carbons (Fsp3) is 0.364. The highest BCUT2D eigenvalue weighted by molar-refractivity contribution is 5.97. The third kappa shape index (κ3) is 4.74. The van der Waals surface area contributed by atoms with Gasteiger partial charge in [-0.05, 0) is 62.6 Å². The Morgan fingerprint density at radius 1 is 1.15 bits per heavy atom. The van der Waals surface area contributed by atoms with Crippen LogP contribution in [0.2, 0.25) is 0 Å². The summed E-state index contributed by atoms with van der Waals surface area (Å²) in [6.07, 6.45) is 3.31. The van der Waals surface area contributed by atoms with Crippen molar-refractivity contribution in [3.63, 3.8) is 0 Å². The van der Waals surface area contributed by atoms with Gasteiger partial charge in [0.05, 0.1) is 6.54 Å². The van der Waals surface area contributed by atoms with Crippen LogP contribution in [0.3, 0.4) is 0 Å². The standard InChI is InChI=1S/C22H27N3O2/c1-3-23-22(27)17-10-6-11-18(14-17)24-21(26)15-25(2)20-13-7-9-16-8-4-5-12-19(16)20/h4-6,8,10-12,14,20H,3,7,9,13,15H2,1-2H3,(H,23,27)(H,24,26). The highest BCUT2D eigenvalue weighted by atomic mass is 16.2. The van der Waals surface area contributed by atoms with E-state index < -0.39 is 0 Å². The van der Waals surface area contributed by atoms with Crippen molar-refractivity contribution >= 4 is 17.5 Å². The lowest BCUT2D eigenvalue weighted by Crippen LogP contribution is -2.35. The minimum atomic E-state index is -0.135. The highest BCUT2D eigenvalue weighted by Crippen LogP contribution is 2.33. The number of anilines is 1. The summed E-state index contributed by atoms with van der Waals surface area (Å²) in [5.41, 5.74) is 3.90. The number of benzene rings is 2. The van der Waals surface area contributed by atoms with Gasteiger partial charge in [0, 0.05) is 23.8 Å². The molecule has 142 valence electrons. The van der Waals surface area contributed by atoms with Gasteiger partial charge in [-0.2, -0.15) is 0 Å². The summed E-state index contributed by atoms with van der Waals surface area (Å²) in [5.74, 6) is -0.210. The molecule has 2 aromatic carbocycles. The topological polar surface area (TPSA) is 61.4 Å². The van der Waals surface area contributed by atoms with Gasteiger partial charge in [-0.15, -0.1) is 0 Å². The first-order valence-electron chi connectivity index (χ1n) is 9.54. The van der Waals surface area contributed by atoms with Crippen molar-refractivity contribution in [2.45, 2.75) is 32.2 Å². The summed E-state index contributed by atoms with van der Waals surface area (Å²) in [6.45, 7) is 2.76. The molecule has 2 aromatic rings. The van der Waals surface area contributed by atoms with Gasteiger partial charge in [0.25, 0.3) is 5.91 Å². The third-order valence-corrected chi connectivity index (χ3v) is 5.01. The molecule has 0 heterocycles. The van der Waals surface area contributed by atoms with Crippen LogP contribution in [-0.4, -0.2) is 36.9 Å². The number of hydrogen-bond acceptors (Lipinski definition) is 3. The zero-order chi connectivity index (χ0) is 19.2. The van der Waals surface area contributed by atoms with Gasteiger partial charge in [-0.1, -0.05) is 30.3 Å². The molecule has 2 amide bonds. The number of likely N-dealkylation sites (N-methyl/N-ethyl adjacent to an activating group) is 1. The third-order valence-electron chi connectivity index (χ3n) is 5.01. The van der Waals surface area contributed by atoms with Crippen molar-refractivity contribution in [1.29, 1.82) is 0 Å². The SMILES string of the molecule is CCNC(=O)c1cccc(NC(=O)CN(C)C2CCCc3ccccc32)c1. The molecule has 1 atom stereocenters. The number of hydrogen-bond donors (Lipinski definition) is 2. The minimum Gasteiger partial charge on any atom is -0.352 e. The fourth-order valence-corrected chi connectivity index (χ4v) is 3.72. The molecule has 3 rings (SSSR count). The van der Waals surface area contributed by atoms with E-state index in [0.717, 1.165) is 19.3 Å². The van der Waals surface area contributed by atoms with Crippen LogP contribution < -0.4 is 10.6 Å². The fourth-order valence-electron chi connectivity index (χ4n) is 3.72. The number of carbonyl (C=O) groups excluding carboxylic acids is 2. The minimum absolute atomic E-state index is 0.0754. The van der Waals surface area contributed by atoms with E-state index in [1.54, 1.807) is 24.3 Å². The Morgan fingerprint density at radius 2 is 1.96 bits per heavy atom. The van der Waals surface area contributed by atoms with Gasteiger partial charge in [0.1, 0.15) is 0 Å². The number of fused-ring (bicyclic) bond motifs is 1. The van der Waals surface area contributed by atoms with E-state index in [9.17, 15) is 9.59 Å². The predicted molar refractivity (Wildman–Crippen MR) is 108 cm³/mol.